The Balaban J connectivity index is 2.56. The van der Waals surface area contributed by atoms with Crippen LogP contribution in [0.2, 0.25) is 0 Å². The fraction of sp³-hybridized carbons (Fsp3) is 0.429. The van der Waals surface area contributed by atoms with Crippen molar-refractivity contribution in [2.75, 3.05) is 20.3 Å². The van der Waals surface area contributed by atoms with Gasteiger partial charge in [0.1, 0.15) is 0 Å². The maximum atomic E-state index is 11.7. The highest BCUT2D eigenvalue weighted by molar-refractivity contribution is 5.83. The van der Waals surface area contributed by atoms with Crippen LogP contribution in [-0.4, -0.2) is 43.3 Å². The fourth-order valence-corrected chi connectivity index (χ4v) is 1.74. The van der Waals surface area contributed by atoms with Gasteiger partial charge in [-0.1, -0.05) is 30.3 Å². The summed E-state index contributed by atoms with van der Waals surface area (Å²) in [6.45, 7) is 0.397. The summed E-state index contributed by atoms with van der Waals surface area (Å²) < 4.78 is 4.84. The number of carboxylic acids is 1. The molecule has 2 atom stereocenters. The minimum atomic E-state index is -0.984. The molecule has 6 nitrogen and oxygen atoms in total. The van der Waals surface area contributed by atoms with Crippen molar-refractivity contribution >= 4 is 11.9 Å². The number of hydrogen-bond donors (Lipinski definition) is 3. The van der Waals surface area contributed by atoms with Gasteiger partial charge in [0.05, 0.1) is 12.0 Å². The summed E-state index contributed by atoms with van der Waals surface area (Å²) in [5.41, 5.74) is 6.31. The Morgan fingerprint density at radius 3 is 2.55 bits per heavy atom. The predicted octanol–water partition coefficient (Wildman–Crippen LogP) is 0.335. The van der Waals surface area contributed by atoms with E-state index < -0.39 is 17.9 Å². The van der Waals surface area contributed by atoms with Crippen molar-refractivity contribution in [2.45, 2.75) is 18.4 Å². The number of carbonyl (C=O) groups is 2. The molecule has 0 saturated carbocycles. The average molecular weight is 280 g/mol. The molecule has 1 rings (SSSR count). The summed E-state index contributed by atoms with van der Waals surface area (Å²) in [5.74, 6) is -2.14. The van der Waals surface area contributed by atoms with Crippen molar-refractivity contribution in [3.63, 3.8) is 0 Å². The second kappa shape index (κ2) is 8.29. The van der Waals surface area contributed by atoms with E-state index in [-0.39, 0.29) is 12.5 Å². The molecule has 0 aliphatic heterocycles. The van der Waals surface area contributed by atoms with Gasteiger partial charge in [-0.15, -0.1) is 0 Å². The molecule has 0 saturated heterocycles. The number of methoxy groups -OCH3 is 1. The van der Waals surface area contributed by atoms with Crippen LogP contribution in [0, 0.1) is 0 Å². The van der Waals surface area contributed by atoms with Crippen LogP contribution in [0.4, 0.5) is 0 Å². The zero-order valence-corrected chi connectivity index (χ0v) is 11.4. The van der Waals surface area contributed by atoms with Crippen molar-refractivity contribution in [3.05, 3.63) is 35.9 Å². The van der Waals surface area contributed by atoms with Crippen molar-refractivity contribution in [1.82, 2.24) is 5.32 Å². The second-order valence-corrected chi connectivity index (χ2v) is 4.43. The molecule has 0 fully saturated rings. The third-order valence-electron chi connectivity index (χ3n) is 2.95. The van der Waals surface area contributed by atoms with Crippen molar-refractivity contribution in [2.24, 2.45) is 5.73 Å². The van der Waals surface area contributed by atoms with Crippen LogP contribution in [0.1, 0.15) is 17.9 Å². The summed E-state index contributed by atoms with van der Waals surface area (Å²) in [6, 6.07) is 8.07. The minimum Gasteiger partial charge on any atom is -0.481 e. The zero-order chi connectivity index (χ0) is 15.0. The molecule has 1 amide bonds. The molecule has 0 heterocycles. The number of hydrogen-bond acceptors (Lipinski definition) is 4. The predicted molar refractivity (Wildman–Crippen MR) is 74.3 cm³/mol. The van der Waals surface area contributed by atoms with Crippen LogP contribution in [0.15, 0.2) is 30.3 Å². The molecule has 4 N–H and O–H groups in total. The molecule has 0 aromatic heterocycles. The summed E-state index contributed by atoms with van der Waals surface area (Å²) in [4.78, 5) is 23.0. The molecule has 20 heavy (non-hydrogen) atoms. The lowest BCUT2D eigenvalue weighted by molar-refractivity contribution is -0.138. The first kappa shape index (κ1) is 16.1. The van der Waals surface area contributed by atoms with Gasteiger partial charge in [0.2, 0.25) is 5.91 Å². The third kappa shape index (κ3) is 4.99. The minimum absolute atomic E-state index is 0.0128. The van der Waals surface area contributed by atoms with Gasteiger partial charge in [0.25, 0.3) is 0 Å². The molecule has 1 aromatic rings. The molecular formula is C14H20N2O4. The van der Waals surface area contributed by atoms with Gasteiger partial charge in [-0.2, -0.15) is 0 Å². The highest BCUT2D eigenvalue weighted by atomic mass is 16.5. The summed E-state index contributed by atoms with van der Waals surface area (Å²) in [5, 5.41) is 11.8. The molecule has 110 valence electrons. The molecule has 0 aliphatic rings. The average Bonchev–Trinajstić information content (AvgIpc) is 2.45. The molecule has 0 aliphatic carbocycles. The summed E-state index contributed by atoms with van der Waals surface area (Å²) in [6.07, 6.45) is 0.394. The van der Waals surface area contributed by atoms with E-state index in [1.54, 1.807) is 24.3 Å². The maximum absolute atomic E-state index is 11.7. The van der Waals surface area contributed by atoms with Crippen LogP contribution in [-0.2, 0) is 14.3 Å². The molecule has 0 radical (unpaired) electrons. The highest BCUT2D eigenvalue weighted by Gasteiger charge is 2.21. The Bertz CT molecular complexity index is 436. The van der Waals surface area contributed by atoms with Crippen LogP contribution < -0.4 is 11.1 Å². The third-order valence-corrected chi connectivity index (χ3v) is 2.95. The number of nitrogens with one attached hydrogen (secondary N) is 1. The van der Waals surface area contributed by atoms with Crippen molar-refractivity contribution < 1.29 is 19.4 Å². The smallest absolute Gasteiger partial charge is 0.312 e. The second-order valence-electron chi connectivity index (χ2n) is 4.43. The van der Waals surface area contributed by atoms with Gasteiger partial charge >= 0.3 is 5.97 Å². The molecule has 0 bridgehead atoms. The van der Waals surface area contributed by atoms with Crippen LogP contribution in [0.5, 0.6) is 0 Å². The molecule has 2 unspecified atom stereocenters. The number of aliphatic carboxylic acids is 1. The zero-order valence-electron chi connectivity index (χ0n) is 11.4. The van der Waals surface area contributed by atoms with Crippen LogP contribution in [0.3, 0.4) is 0 Å². The van der Waals surface area contributed by atoms with E-state index in [0.29, 0.717) is 18.6 Å². The first-order chi connectivity index (χ1) is 9.56. The van der Waals surface area contributed by atoms with Crippen molar-refractivity contribution in [1.29, 1.82) is 0 Å². The number of benzene rings is 1. The van der Waals surface area contributed by atoms with E-state index in [4.69, 9.17) is 10.5 Å². The van der Waals surface area contributed by atoms with E-state index >= 15 is 0 Å². The number of carboxylic acid groups (broad SMARTS) is 1. The Kier molecular flexibility index (Phi) is 6.69. The van der Waals surface area contributed by atoms with E-state index in [2.05, 4.69) is 5.32 Å². The SMILES string of the molecule is COCCC(N)C(=O)NCC(C(=O)O)c1ccccc1. The van der Waals surface area contributed by atoms with Crippen molar-refractivity contribution in [3.8, 4) is 0 Å². The lowest BCUT2D eigenvalue weighted by Gasteiger charge is -2.16. The van der Waals surface area contributed by atoms with Gasteiger partial charge in [-0.3, -0.25) is 9.59 Å². The highest BCUT2D eigenvalue weighted by Crippen LogP contribution is 2.14. The molecular weight excluding hydrogens is 260 g/mol. The fourth-order valence-electron chi connectivity index (χ4n) is 1.74. The van der Waals surface area contributed by atoms with Gasteiger partial charge in [-0.25, -0.2) is 0 Å². The number of rotatable bonds is 8. The van der Waals surface area contributed by atoms with Gasteiger partial charge in [-0.05, 0) is 12.0 Å². The lowest BCUT2D eigenvalue weighted by atomic mass is 9.99. The molecule has 1 aromatic carbocycles. The Labute approximate surface area is 117 Å². The van der Waals surface area contributed by atoms with Gasteiger partial charge in [0.15, 0.2) is 0 Å². The van der Waals surface area contributed by atoms with E-state index in [1.807, 2.05) is 6.07 Å². The van der Waals surface area contributed by atoms with Crippen LogP contribution in [0.25, 0.3) is 0 Å². The van der Waals surface area contributed by atoms with E-state index in [1.165, 1.54) is 7.11 Å². The Morgan fingerprint density at radius 2 is 2.00 bits per heavy atom. The molecule has 6 heteroatoms. The molecule has 0 spiro atoms. The summed E-state index contributed by atoms with van der Waals surface area (Å²) in [7, 11) is 1.53. The largest absolute Gasteiger partial charge is 0.481 e. The van der Waals surface area contributed by atoms with Gasteiger partial charge in [0, 0.05) is 20.3 Å². The number of amides is 1. The van der Waals surface area contributed by atoms with E-state index in [9.17, 15) is 14.7 Å². The first-order valence-electron chi connectivity index (χ1n) is 6.36. The monoisotopic (exact) mass is 280 g/mol. The van der Waals surface area contributed by atoms with E-state index in [0.717, 1.165) is 0 Å². The van der Waals surface area contributed by atoms with Gasteiger partial charge < -0.3 is 20.9 Å². The standard InChI is InChI=1S/C14H20N2O4/c1-20-8-7-12(15)13(17)16-9-11(14(18)19)10-5-3-2-4-6-10/h2-6,11-12H,7-9,15H2,1H3,(H,16,17)(H,18,19). The topological polar surface area (TPSA) is 102 Å². The Morgan fingerprint density at radius 1 is 1.35 bits per heavy atom. The van der Waals surface area contributed by atoms with Crippen LogP contribution >= 0.6 is 0 Å². The number of carbonyl (C=O) groups excluding carboxylic acids is 1. The summed E-state index contributed by atoms with van der Waals surface area (Å²) >= 11 is 0. The Hall–Kier alpha value is -1.92. The quantitative estimate of drug-likeness (QED) is 0.637. The maximum Gasteiger partial charge on any atom is 0.312 e. The normalized spacial score (nSPS) is 13.5. The lowest BCUT2D eigenvalue weighted by Crippen LogP contribution is -2.43. The number of nitrogens with two attached hydrogens (primary N) is 1. The first-order valence-corrected chi connectivity index (χ1v) is 6.36. The number of ether oxygens (including phenoxy) is 1.